The number of azo groups is 1. The molecule has 3 aromatic rings. The van der Waals surface area contributed by atoms with E-state index in [-0.39, 0.29) is 33.2 Å². The number of carbonyl (C=O) groups excluding carboxylic acids is 2. The van der Waals surface area contributed by atoms with Crippen LogP contribution in [0, 0.1) is 5.21 Å². The summed E-state index contributed by atoms with van der Waals surface area (Å²) < 4.78 is 10.3. The number of fused-ring (bicyclic) bond motifs is 2. The van der Waals surface area contributed by atoms with Gasteiger partial charge in [0.2, 0.25) is 17.4 Å². The molecule has 0 bridgehead atoms. The molecule has 2 aliphatic rings. The second kappa shape index (κ2) is 6.63. The Kier molecular flexibility index (Phi) is 3.92. The maximum absolute atomic E-state index is 12.8. The first-order valence-electron chi connectivity index (χ1n) is 9.01. The molecule has 8 heteroatoms. The zero-order valence-electron chi connectivity index (χ0n) is 15.7. The van der Waals surface area contributed by atoms with E-state index in [1.807, 2.05) is 24.3 Å². The minimum atomic E-state index is -0.580. The molecule has 146 valence electrons. The number of hydrogen-bond acceptors (Lipinski definition) is 7. The normalized spacial score (nSPS) is 17.1. The molecule has 5 rings (SSSR count). The zero-order valence-corrected chi connectivity index (χ0v) is 15.7. The Morgan fingerprint density at radius 1 is 1.13 bits per heavy atom. The summed E-state index contributed by atoms with van der Waals surface area (Å²) in [5, 5.41) is 16.9. The van der Waals surface area contributed by atoms with E-state index in [1.54, 1.807) is 25.3 Å². The largest absolute Gasteiger partial charge is 0.594 e. The molecule has 0 fully saturated rings. The molecule has 0 radical (unpaired) electrons. The number of benzene rings is 1. The fourth-order valence-corrected chi connectivity index (χ4v) is 3.49. The Bertz CT molecular complexity index is 1370. The Balaban J connectivity index is 1.54. The molecule has 1 aliphatic carbocycles. The van der Waals surface area contributed by atoms with Gasteiger partial charge in [0.15, 0.2) is 5.76 Å². The average molecular weight is 399 g/mol. The van der Waals surface area contributed by atoms with Crippen molar-refractivity contribution in [2.24, 2.45) is 5.11 Å². The Hall–Kier alpha value is -4.33. The van der Waals surface area contributed by atoms with Crippen LogP contribution >= 0.6 is 0 Å². The lowest BCUT2D eigenvalue weighted by Gasteiger charge is -2.07. The van der Waals surface area contributed by atoms with Gasteiger partial charge in [-0.15, -0.1) is 0 Å². The van der Waals surface area contributed by atoms with Crippen LogP contribution < -0.4 is 4.74 Å². The topological polar surface area (TPSA) is 108 Å². The highest BCUT2D eigenvalue weighted by molar-refractivity contribution is 6.27. The van der Waals surface area contributed by atoms with Crippen molar-refractivity contribution in [3.05, 3.63) is 93.9 Å². The SMILES string of the molecule is COc1ccc2cccc(/C=C/C=C3C4=C(N=[N+]3[O-])C(=O)c3occc3C4=O)c2n1. The summed E-state index contributed by atoms with van der Waals surface area (Å²) in [6, 6.07) is 10.8. The van der Waals surface area contributed by atoms with E-state index in [1.165, 1.54) is 18.4 Å². The molecule has 0 atom stereocenters. The summed E-state index contributed by atoms with van der Waals surface area (Å²) >= 11 is 0. The Morgan fingerprint density at radius 3 is 2.83 bits per heavy atom. The lowest BCUT2D eigenvalue weighted by molar-refractivity contribution is -0.464. The standard InChI is InChI=1S/C22H13N3O5/c1-29-16-9-8-13-5-2-4-12(18(13)23-16)6-3-7-15-17-19(24-25(15)28)21(27)22-14(20(17)26)10-11-30-22/h2-11H,1H3/b6-3+,15-7?. The molecule has 0 spiro atoms. The summed E-state index contributed by atoms with van der Waals surface area (Å²) in [6.07, 6.45) is 6.09. The van der Waals surface area contributed by atoms with Crippen LogP contribution in [0.2, 0.25) is 0 Å². The minimum Gasteiger partial charge on any atom is -0.594 e. The van der Waals surface area contributed by atoms with Crippen molar-refractivity contribution < 1.29 is 23.6 Å². The van der Waals surface area contributed by atoms with Gasteiger partial charge in [-0.3, -0.25) is 9.59 Å². The van der Waals surface area contributed by atoms with Crippen molar-refractivity contribution >= 4 is 28.5 Å². The average Bonchev–Trinajstić information content (AvgIpc) is 3.38. The fourth-order valence-electron chi connectivity index (χ4n) is 3.49. The van der Waals surface area contributed by atoms with E-state index in [0.29, 0.717) is 5.88 Å². The highest BCUT2D eigenvalue weighted by Crippen LogP contribution is 2.36. The van der Waals surface area contributed by atoms with Crippen LogP contribution in [0.25, 0.3) is 17.0 Å². The van der Waals surface area contributed by atoms with Crippen molar-refractivity contribution in [1.82, 2.24) is 4.98 Å². The molecule has 1 aliphatic heterocycles. The number of para-hydroxylation sites is 1. The predicted molar refractivity (Wildman–Crippen MR) is 106 cm³/mol. The summed E-state index contributed by atoms with van der Waals surface area (Å²) in [7, 11) is 1.54. The lowest BCUT2D eigenvalue weighted by atomic mass is 9.91. The number of rotatable bonds is 3. The number of aromatic nitrogens is 1. The van der Waals surface area contributed by atoms with Gasteiger partial charge in [0.1, 0.15) is 5.57 Å². The number of carbonyl (C=O) groups is 2. The van der Waals surface area contributed by atoms with Gasteiger partial charge in [-0.1, -0.05) is 30.4 Å². The van der Waals surface area contributed by atoms with E-state index in [2.05, 4.69) is 10.1 Å². The number of ketones is 2. The fraction of sp³-hybridized carbons (Fsp3) is 0.0455. The van der Waals surface area contributed by atoms with E-state index >= 15 is 0 Å². The highest BCUT2D eigenvalue weighted by Gasteiger charge is 2.44. The summed E-state index contributed by atoms with van der Waals surface area (Å²) in [5.74, 6) is -0.655. The number of furan rings is 1. The van der Waals surface area contributed by atoms with Gasteiger partial charge < -0.3 is 14.4 Å². The monoisotopic (exact) mass is 399 g/mol. The summed E-state index contributed by atoms with van der Waals surface area (Å²) in [6.45, 7) is 0. The first-order chi connectivity index (χ1) is 14.6. The van der Waals surface area contributed by atoms with Crippen LogP contribution in [0.15, 0.2) is 81.3 Å². The molecule has 0 amide bonds. The van der Waals surface area contributed by atoms with Gasteiger partial charge in [0.05, 0.1) is 24.5 Å². The summed E-state index contributed by atoms with van der Waals surface area (Å²) in [5.41, 5.74) is 1.43. The third-order valence-electron chi connectivity index (χ3n) is 4.91. The first kappa shape index (κ1) is 17.7. The van der Waals surface area contributed by atoms with Crippen LogP contribution in [0.1, 0.15) is 26.5 Å². The van der Waals surface area contributed by atoms with E-state index in [0.717, 1.165) is 16.5 Å². The molecule has 0 N–H and O–H groups in total. The van der Waals surface area contributed by atoms with Gasteiger partial charge >= 0.3 is 0 Å². The van der Waals surface area contributed by atoms with Gasteiger partial charge in [0, 0.05) is 28.2 Å². The quantitative estimate of drug-likeness (QED) is 0.486. The minimum absolute atomic E-state index is 0.00257. The van der Waals surface area contributed by atoms with Gasteiger partial charge in [-0.2, -0.15) is 0 Å². The van der Waals surface area contributed by atoms with Gasteiger partial charge in [-0.05, 0) is 17.0 Å². The molecule has 8 nitrogen and oxygen atoms in total. The first-order valence-corrected chi connectivity index (χ1v) is 9.01. The van der Waals surface area contributed by atoms with Crippen molar-refractivity contribution in [3.63, 3.8) is 0 Å². The van der Waals surface area contributed by atoms with Crippen molar-refractivity contribution in [2.75, 3.05) is 7.11 Å². The second-order valence-electron chi connectivity index (χ2n) is 6.60. The lowest BCUT2D eigenvalue weighted by Crippen LogP contribution is -2.19. The van der Waals surface area contributed by atoms with Crippen molar-refractivity contribution in [2.45, 2.75) is 0 Å². The third-order valence-corrected chi connectivity index (χ3v) is 4.91. The molecular formula is C22H13N3O5. The zero-order chi connectivity index (χ0) is 20.8. The smallest absolute Gasteiger partial charge is 0.258 e. The van der Waals surface area contributed by atoms with Gasteiger partial charge in [-0.25, -0.2) is 4.98 Å². The molecule has 2 aromatic heterocycles. The Morgan fingerprint density at radius 2 is 2.00 bits per heavy atom. The summed E-state index contributed by atoms with van der Waals surface area (Å²) in [4.78, 5) is 30.0. The van der Waals surface area contributed by atoms with Crippen molar-refractivity contribution in [1.29, 1.82) is 0 Å². The van der Waals surface area contributed by atoms with Crippen molar-refractivity contribution in [3.8, 4) is 5.88 Å². The third kappa shape index (κ3) is 2.58. The van der Waals surface area contributed by atoms with Gasteiger partial charge in [0.25, 0.3) is 11.5 Å². The number of allylic oxidation sites excluding steroid dienone is 4. The molecule has 1 aromatic carbocycles. The molecule has 3 heterocycles. The number of ether oxygens (including phenoxy) is 1. The van der Waals surface area contributed by atoms with Crippen LogP contribution in [0.5, 0.6) is 5.88 Å². The number of nitrogens with zero attached hydrogens (tertiary/aromatic N) is 3. The molecule has 0 saturated carbocycles. The molecule has 0 saturated heterocycles. The van der Waals surface area contributed by atoms with Crippen LogP contribution in [-0.2, 0) is 0 Å². The highest BCUT2D eigenvalue weighted by atomic mass is 16.5. The second-order valence-corrected chi connectivity index (χ2v) is 6.60. The van der Waals surface area contributed by atoms with Crippen LogP contribution in [-0.4, -0.2) is 28.5 Å². The number of Topliss-reactive ketones (excluding diaryl/α,β-unsaturated/α-hetero) is 2. The molecule has 30 heavy (non-hydrogen) atoms. The number of hydroxylamine groups is 1. The maximum Gasteiger partial charge on any atom is 0.258 e. The number of methoxy groups -OCH3 is 1. The van der Waals surface area contributed by atoms with Crippen LogP contribution in [0.4, 0.5) is 0 Å². The number of pyridine rings is 1. The maximum atomic E-state index is 12.8. The molecule has 0 unspecified atom stereocenters. The molecular weight excluding hydrogens is 386 g/mol. The number of hydrogen-bond donors (Lipinski definition) is 0. The van der Waals surface area contributed by atoms with Crippen LogP contribution in [0.3, 0.4) is 0 Å². The van der Waals surface area contributed by atoms with E-state index in [9.17, 15) is 14.8 Å². The van der Waals surface area contributed by atoms with E-state index in [4.69, 9.17) is 9.15 Å². The Labute approximate surface area is 169 Å². The predicted octanol–water partition coefficient (Wildman–Crippen LogP) is 4.04. The van der Waals surface area contributed by atoms with E-state index < -0.39 is 11.6 Å².